The quantitative estimate of drug-likeness (QED) is 0.215. The molecule has 40 heavy (non-hydrogen) atoms. The maximum atomic E-state index is 11.1. The molecular formula is C24H48O14Y2. The Bertz CT molecular complexity index is 546. The van der Waals surface area contributed by atoms with Crippen LogP contribution in [0.3, 0.4) is 0 Å². The van der Waals surface area contributed by atoms with Crippen LogP contribution >= 0.6 is 0 Å². The van der Waals surface area contributed by atoms with Crippen molar-refractivity contribution in [3.05, 3.63) is 0 Å². The number of aliphatic hydroxyl groups excluding tert-OH is 2. The second-order valence-electron chi connectivity index (χ2n) is 6.63. The summed E-state index contributed by atoms with van der Waals surface area (Å²) < 4.78 is 36.3. The molecule has 0 aromatic carbocycles. The smallest absolute Gasteiger partial charge is 0.438 e. The van der Waals surface area contributed by atoms with E-state index in [1.54, 1.807) is 13.8 Å². The number of hydrogen-bond donors (Lipinski definition) is 2. The molecule has 0 fully saturated rings. The van der Waals surface area contributed by atoms with Crippen molar-refractivity contribution in [1.29, 1.82) is 0 Å². The van der Waals surface area contributed by atoms with Crippen molar-refractivity contribution in [1.82, 2.24) is 0 Å². The number of carbonyl (C=O) groups excluding carboxylic acids is 4. The van der Waals surface area contributed by atoms with E-state index in [-0.39, 0.29) is 91.8 Å². The van der Waals surface area contributed by atoms with E-state index in [1.165, 1.54) is 28.1 Å². The Balaban J connectivity index is -0.000000123. The van der Waals surface area contributed by atoms with Crippen LogP contribution in [0.25, 0.3) is 0 Å². The minimum Gasteiger partial charge on any atom is -0.438 e. The molecule has 0 spiro atoms. The number of rotatable bonds is 12. The molecule has 0 amide bonds. The average Bonchev–Trinajstić information content (AvgIpc) is 2.94. The second-order valence-corrected chi connectivity index (χ2v) is 6.63. The Morgan fingerprint density at radius 1 is 0.550 bits per heavy atom. The van der Waals surface area contributed by atoms with Crippen LogP contribution in [0.1, 0.15) is 68.2 Å². The summed E-state index contributed by atoms with van der Waals surface area (Å²) >= 11 is 0. The van der Waals surface area contributed by atoms with E-state index >= 15 is 0 Å². The van der Waals surface area contributed by atoms with Gasteiger partial charge in [0.15, 0.2) is 0 Å². The first kappa shape index (κ1) is 51.9. The van der Waals surface area contributed by atoms with Crippen LogP contribution in [0, 0.1) is 0 Å². The number of ether oxygens (including phenoxy) is 8. The fourth-order valence-corrected chi connectivity index (χ4v) is 1.52. The fraction of sp³-hybridized carbons (Fsp3) is 0.833. The number of hydrogen-bond acceptors (Lipinski definition) is 14. The molecule has 16 heteroatoms. The van der Waals surface area contributed by atoms with Crippen LogP contribution in [0.15, 0.2) is 0 Å². The van der Waals surface area contributed by atoms with E-state index in [9.17, 15) is 19.2 Å². The van der Waals surface area contributed by atoms with Gasteiger partial charge >= 0.3 is 24.6 Å². The van der Waals surface area contributed by atoms with Crippen LogP contribution in [0.2, 0.25) is 0 Å². The summed E-state index contributed by atoms with van der Waals surface area (Å²) in [5.41, 5.74) is 0. The number of methoxy groups -OCH3 is 2. The molecule has 0 heterocycles. The third kappa shape index (κ3) is 39.4. The van der Waals surface area contributed by atoms with Crippen molar-refractivity contribution in [2.24, 2.45) is 0 Å². The summed E-state index contributed by atoms with van der Waals surface area (Å²) in [6.45, 7) is 14.1. The third-order valence-corrected chi connectivity index (χ3v) is 3.53. The molecule has 0 aromatic heterocycles. The first-order valence-electron chi connectivity index (χ1n) is 12.4. The summed E-state index contributed by atoms with van der Waals surface area (Å²) in [5, 5.41) is 18.3. The summed E-state index contributed by atoms with van der Waals surface area (Å²) in [4.78, 5) is 43.3. The Hall–Kier alpha value is -0.792. The molecule has 2 radical (unpaired) electrons. The molecule has 4 unspecified atom stereocenters. The molecule has 0 rings (SSSR count). The molecule has 0 saturated carbocycles. The summed E-state index contributed by atoms with van der Waals surface area (Å²) in [5.74, 6) is 0. The SMILES string of the molecule is CC.CC.CCC(O)COC(=O)OC(C)COC(=O)OC.CCC(O)COC(=O)OC(C)COC(=O)OC.[Y].[Y]. The molecule has 0 saturated heterocycles. The molecule has 14 nitrogen and oxygen atoms in total. The minimum absolute atomic E-state index is 0. The largest absolute Gasteiger partial charge is 0.508 e. The van der Waals surface area contributed by atoms with Crippen molar-refractivity contribution >= 4 is 24.6 Å². The zero-order valence-corrected chi connectivity index (χ0v) is 31.2. The standard InChI is InChI=1S/2C10H18O7.2C2H6.2Y/c2*1-4-8(11)6-16-10(13)17-7(2)5-15-9(12)14-3;2*1-2;;/h2*7-8,11H,4-6H2,1-3H3;2*1-2H3;;. The normalized spacial score (nSPS) is 11.7. The maximum Gasteiger partial charge on any atom is 0.508 e. The first-order valence-corrected chi connectivity index (χ1v) is 12.4. The van der Waals surface area contributed by atoms with Crippen LogP contribution in [0.5, 0.6) is 0 Å². The predicted octanol–water partition coefficient (Wildman–Crippen LogP) is 4.21. The molecule has 0 aromatic rings. The van der Waals surface area contributed by atoms with E-state index in [0.717, 1.165) is 0 Å². The van der Waals surface area contributed by atoms with Gasteiger partial charge in [0.1, 0.15) is 38.6 Å². The van der Waals surface area contributed by atoms with Crippen molar-refractivity contribution in [3.63, 3.8) is 0 Å². The van der Waals surface area contributed by atoms with Crippen LogP contribution in [-0.4, -0.2) is 99.9 Å². The zero-order chi connectivity index (χ0) is 30.5. The average molecular weight is 738 g/mol. The maximum absolute atomic E-state index is 11.1. The molecule has 4 atom stereocenters. The van der Waals surface area contributed by atoms with Crippen LogP contribution in [-0.2, 0) is 103 Å². The van der Waals surface area contributed by atoms with E-state index in [4.69, 9.17) is 19.7 Å². The van der Waals surface area contributed by atoms with E-state index in [1.807, 2.05) is 27.7 Å². The van der Waals surface area contributed by atoms with Gasteiger partial charge in [0.25, 0.3) is 0 Å². The third-order valence-electron chi connectivity index (χ3n) is 3.53. The molecule has 234 valence electrons. The fourth-order valence-electron chi connectivity index (χ4n) is 1.52. The van der Waals surface area contributed by atoms with E-state index in [0.29, 0.717) is 12.8 Å². The predicted molar refractivity (Wildman–Crippen MR) is 136 cm³/mol. The van der Waals surface area contributed by atoms with Crippen LogP contribution in [0.4, 0.5) is 19.2 Å². The number of carbonyl (C=O) groups is 4. The topological polar surface area (TPSA) is 183 Å². The van der Waals surface area contributed by atoms with Gasteiger partial charge in [-0.15, -0.1) is 0 Å². The molecule has 2 N–H and O–H groups in total. The number of aliphatic hydroxyl groups is 2. The van der Waals surface area contributed by atoms with E-state index < -0.39 is 49.0 Å². The van der Waals surface area contributed by atoms with E-state index in [2.05, 4.69) is 28.4 Å². The van der Waals surface area contributed by atoms with Gasteiger partial charge in [-0.25, -0.2) is 19.2 Å². The monoisotopic (exact) mass is 738 g/mol. The molecular weight excluding hydrogens is 690 g/mol. The Morgan fingerprint density at radius 3 is 1.02 bits per heavy atom. The van der Waals surface area contributed by atoms with Gasteiger partial charge in [-0.2, -0.15) is 0 Å². The van der Waals surface area contributed by atoms with Gasteiger partial charge in [-0.1, -0.05) is 41.5 Å². The summed E-state index contributed by atoms with van der Waals surface area (Å²) in [6.07, 6.45) is -5.29. The second kappa shape index (κ2) is 38.2. The first-order chi connectivity index (χ1) is 18.0. The van der Waals surface area contributed by atoms with Gasteiger partial charge in [-0.05, 0) is 26.7 Å². The van der Waals surface area contributed by atoms with Crippen molar-refractivity contribution < 1.29 is 133 Å². The van der Waals surface area contributed by atoms with Gasteiger partial charge in [0.2, 0.25) is 0 Å². The van der Waals surface area contributed by atoms with Gasteiger partial charge in [0, 0.05) is 65.4 Å². The molecule has 0 bridgehead atoms. The van der Waals surface area contributed by atoms with Crippen molar-refractivity contribution in [2.45, 2.75) is 92.6 Å². The minimum atomic E-state index is -0.918. The summed E-state index contributed by atoms with van der Waals surface area (Å²) in [7, 11) is 2.35. The Morgan fingerprint density at radius 2 is 0.800 bits per heavy atom. The van der Waals surface area contributed by atoms with Gasteiger partial charge in [0.05, 0.1) is 26.4 Å². The summed E-state index contributed by atoms with van der Waals surface area (Å²) in [6, 6.07) is 0. The van der Waals surface area contributed by atoms with Gasteiger partial charge < -0.3 is 48.1 Å². The van der Waals surface area contributed by atoms with Crippen molar-refractivity contribution in [2.75, 3.05) is 40.6 Å². The van der Waals surface area contributed by atoms with Crippen LogP contribution < -0.4 is 0 Å². The Kier molecular flexibility index (Phi) is 49.6. The molecule has 0 aliphatic carbocycles. The van der Waals surface area contributed by atoms with Gasteiger partial charge in [-0.3, -0.25) is 0 Å². The Labute approximate surface area is 288 Å². The molecule has 0 aliphatic heterocycles. The molecule has 0 aliphatic rings. The van der Waals surface area contributed by atoms with Crippen molar-refractivity contribution in [3.8, 4) is 0 Å². The zero-order valence-electron chi connectivity index (χ0n) is 25.5.